The van der Waals surface area contributed by atoms with Crippen LogP contribution in [0.2, 0.25) is 0 Å². The van der Waals surface area contributed by atoms with Crippen LogP contribution >= 0.6 is 0 Å². The molecule has 0 saturated heterocycles. The van der Waals surface area contributed by atoms with Crippen LogP contribution in [0.25, 0.3) is 22.3 Å². The minimum absolute atomic E-state index is 0.515. The molecule has 3 N–H and O–H groups in total. The molecule has 3 rings (SSSR count). The Hall–Kier alpha value is -2.23. The van der Waals surface area contributed by atoms with Gasteiger partial charge in [-0.25, -0.2) is 0 Å². The molecule has 0 aliphatic rings. The fourth-order valence-electron chi connectivity index (χ4n) is 2.20. The average Bonchev–Trinajstić information content (AvgIpc) is 2.83. The first-order valence-corrected chi connectivity index (χ1v) is 5.52. The van der Waals surface area contributed by atoms with Crippen molar-refractivity contribution in [1.82, 2.24) is 14.8 Å². The third-order valence-electron chi connectivity index (χ3n) is 3.07. The molecule has 0 aliphatic heterocycles. The van der Waals surface area contributed by atoms with Gasteiger partial charge in [0.1, 0.15) is 5.82 Å². The highest BCUT2D eigenvalue weighted by molar-refractivity contribution is 5.87. The van der Waals surface area contributed by atoms with Gasteiger partial charge in [0.2, 0.25) is 0 Å². The fraction of sp³-hybridized carbons (Fsp3) is 0.154. The molecule has 0 saturated carbocycles. The van der Waals surface area contributed by atoms with Crippen LogP contribution in [0.15, 0.2) is 30.3 Å². The van der Waals surface area contributed by atoms with E-state index in [0.29, 0.717) is 5.82 Å². The third kappa shape index (κ3) is 1.49. The molecule has 0 amide bonds. The van der Waals surface area contributed by atoms with E-state index in [9.17, 15) is 0 Å². The van der Waals surface area contributed by atoms with Gasteiger partial charge >= 0.3 is 0 Å². The van der Waals surface area contributed by atoms with Crippen LogP contribution in [0.4, 0.5) is 5.82 Å². The maximum Gasteiger partial charge on any atom is 0.145 e. The lowest BCUT2D eigenvalue weighted by molar-refractivity contribution is 0.964. The Morgan fingerprint density at radius 1 is 1.24 bits per heavy atom. The number of benzene rings is 1. The van der Waals surface area contributed by atoms with Crippen molar-refractivity contribution in [3.8, 4) is 11.4 Å². The number of aromatic nitrogens is 3. The van der Waals surface area contributed by atoms with Crippen molar-refractivity contribution in [2.75, 3.05) is 5.73 Å². The van der Waals surface area contributed by atoms with E-state index in [1.165, 1.54) is 16.5 Å². The van der Waals surface area contributed by atoms with E-state index in [1.54, 1.807) is 0 Å². The normalized spacial score (nSPS) is 11.2. The predicted octanol–water partition coefficient (Wildman–Crippen LogP) is 2.46. The van der Waals surface area contributed by atoms with Crippen LogP contribution in [0, 0.1) is 6.92 Å². The summed E-state index contributed by atoms with van der Waals surface area (Å²) in [4.78, 5) is 0. The SMILES string of the molecule is Cc1ccc2c(c1)cc(-c1cc(N)n[nH]1)n2C. The first-order chi connectivity index (χ1) is 8.15. The molecule has 0 fully saturated rings. The number of nitrogens with two attached hydrogens (primary N) is 1. The Labute approximate surface area is 99.1 Å². The summed E-state index contributed by atoms with van der Waals surface area (Å²) in [6.07, 6.45) is 0. The summed E-state index contributed by atoms with van der Waals surface area (Å²) in [5.41, 5.74) is 10.1. The number of aromatic amines is 1. The van der Waals surface area contributed by atoms with Crippen LogP contribution in [0.5, 0.6) is 0 Å². The van der Waals surface area contributed by atoms with Crippen LogP contribution in [0.3, 0.4) is 0 Å². The summed E-state index contributed by atoms with van der Waals surface area (Å²) in [5.74, 6) is 0.515. The standard InChI is InChI=1S/C13H14N4/c1-8-3-4-11-9(5-8)6-12(17(11)2)10-7-13(14)16-15-10/h3-7H,1-2H3,(H3,14,15,16). The lowest BCUT2D eigenvalue weighted by Gasteiger charge is -2.01. The lowest BCUT2D eigenvalue weighted by Crippen LogP contribution is -1.91. The van der Waals surface area contributed by atoms with Crippen molar-refractivity contribution in [2.45, 2.75) is 6.92 Å². The monoisotopic (exact) mass is 226 g/mol. The second-order valence-corrected chi connectivity index (χ2v) is 4.36. The van der Waals surface area contributed by atoms with Crippen molar-refractivity contribution >= 4 is 16.7 Å². The smallest absolute Gasteiger partial charge is 0.145 e. The summed E-state index contributed by atoms with van der Waals surface area (Å²) in [7, 11) is 2.05. The van der Waals surface area contributed by atoms with E-state index in [-0.39, 0.29) is 0 Å². The number of H-pyrrole nitrogens is 1. The van der Waals surface area contributed by atoms with E-state index in [1.807, 2.05) is 13.1 Å². The molecule has 86 valence electrons. The zero-order chi connectivity index (χ0) is 12.0. The maximum absolute atomic E-state index is 5.63. The Kier molecular flexibility index (Phi) is 1.98. The summed E-state index contributed by atoms with van der Waals surface area (Å²) in [5, 5.41) is 8.14. The molecule has 3 aromatic rings. The molecule has 2 heterocycles. The van der Waals surface area contributed by atoms with E-state index >= 15 is 0 Å². The molecule has 0 spiro atoms. The molecule has 4 nitrogen and oxygen atoms in total. The van der Waals surface area contributed by atoms with Crippen LogP contribution in [-0.4, -0.2) is 14.8 Å². The second kappa shape index (κ2) is 3.38. The van der Waals surface area contributed by atoms with Gasteiger partial charge in [0.25, 0.3) is 0 Å². The van der Waals surface area contributed by atoms with Crippen LogP contribution in [0.1, 0.15) is 5.56 Å². The summed E-state index contributed by atoms with van der Waals surface area (Å²) in [6.45, 7) is 2.10. The maximum atomic E-state index is 5.63. The number of fused-ring (bicyclic) bond motifs is 1. The van der Waals surface area contributed by atoms with Gasteiger partial charge in [0, 0.05) is 24.0 Å². The highest BCUT2D eigenvalue weighted by Crippen LogP contribution is 2.27. The van der Waals surface area contributed by atoms with E-state index < -0.39 is 0 Å². The molecule has 0 atom stereocenters. The van der Waals surface area contributed by atoms with Crippen molar-refractivity contribution in [2.24, 2.45) is 7.05 Å². The number of nitrogens with zero attached hydrogens (tertiary/aromatic N) is 2. The van der Waals surface area contributed by atoms with Gasteiger partial charge in [-0.3, -0.25) is 5.10 Å². The van der Waals surface area contributed by atoms with Crippen molar-refractivity contribution in [1.29, 1.82) is 0 Å². The zero-order valence-electron chi connectivity index (χ0n) is 9.86. The Bertz CT molecular complexity index is 691. The van der Waals surface area contributed by atoms with Gasteiger partial charge in [0.05, 0.1) is 11.4 Å². The number of anilines is 1. The van der Waals surface area contributed by atoms with E-state index in [2.05, 4.69) is 46.0 Å². The van der Waals surface area contributed by atoms with Gasteiger partial charge in [-0.05, 0) is 25.1 Å². The summed E-state index contributed by atoms with van der Waals surface area (Å²) < 4.78 is 2.14. The number of rotatable bonds is 1. The molecular formula is C13H14N4. The predicted molar refractivity (Wildman–Crippen MR) is 69.7 cm³/mol. The zero-order valence-corrected chi connectivity index (χ0v) is 9.86. The van der Waals surface area contributed by atoms with Gasteiger partial charge in [-0.1, -0.05) is 11.6 Å². The van der Waals surface area contributed by atoms with Crippen LogP contribution < -0.4 is 5.73 Å². The molecule has 0 aliphatic carbocycles. The number of nitrogen functional groups attached to an aromatic ring is 1. The second-order valence-electron chi connectivity index (χ2n) is 4.36. The minimum atomic E-state index is 0.515. The first kappa shape index (κ1) is 9.96. The molecule has 0 radical (unpaired) electrons. The van der Waals surface area contributed by atoms with Gasteiger partial charge in [-0.2, -0.15) is 5.10 Å². The van der Waals surface area contributed by atoms with Crippen molar-refractivity contribution in [3.63, 3.8) is 0 Å². The highest BCUT2D eigenvalue weighted by Gasteiger charge is 2.09. The van der Waals surface area contributed by atoms with E-state index in [0.717, 1.165) is 11.4 Å². The lowest BCUT2D eigenvalue weighted by atomic mass is 10.2. The largest absolute Gasteiger partial charge is 0.382 e. The van der Waals surface area contributed by atoms with Crippen LogP contribution in [-0.2, 0) is 7.05 Å². The Morgan fingerprint density at radius 2 is 2.06 bits per heavy atom. The minimum Gasteiger partial charge on any atom is -0.382 e. The van der Waals surface area contributed by atoms with Gasteiger partial charge in [0.15, 0.2) is 0 Å². The fourth-order valence-corrected chi connectivity index (χ4v) is 2.20. The molecule has 4 heteroatoms. The first-order valence-electron chi connectivity index (χ1n) is 5.52. The molecular weight excluding hydrogens is 212 g/mol. The Balaban J connectivity index is 2.27. The summed E-state index contributed by atoms with van der Waals surface area (Å²) >= 11 is 0. The Morgan fingerprint density at radius 3 is 2.76 bits per heavy atom. The highest BCUT2D eigenvalue weighted by atomic mass is 15.2. The molecule has 1 aromatic carbocycles. The topological polar surface area (TPSA) is 59.6 Å². The third-order valence-corrected chi connectivity index (χ3v) is 3.07. The number of hydrogen-bond donors (Lipinski definition) is 2. The number of hydrogen-bond acceptors (Lipinski definition) is 2. The number of nitrogens with one attached hydrogen (secondary N) is 1. The molecule has 17 heavy (non-hydrogen) atoms. The van der Waals surface area contributed by atoms with E-state index in [4.69, 9.17) is 5.73 Å². The van der Waals surface area contributed by atoms with Crippen molar-refractivity contribution in [3.05, 3.63) is 35.9 Å². The summed E-state index contributed by atoms with van der Waals surface area (Å²) in [6, 6.07) is 10.4. The molecule has 0 bridgehead atoms. The molecule has 2 aromatic heterocycles. The average molecular weight is 226 g/mol. The van der Waals surface area contributed by atoms with Gasteiger partial charge < -0.3 is 10.3 Å². The van der Waals surface area contributed by atoms with Gasteiger partial charge in [-0.15, -0.1) is 0 Å². The van der Waals surface area contributed by atoms with Crippen molar-refractivity contribution < 1.29 is 0 Å². The number of aryl methyl sites for hydroxylation is 2. The molecule has 0 unspecified atom stereocenters. The quantitative estimate of drug-likeness (QED) is 0.669.